The van der Waals surface area contributed by atoms with E-state index in [2.05, 4.69) is 0 Å². The smallest absolute Gasteiger partial charge is 0.223 e. The molecule has 0 saturated carbocycles. The van der Waals surface area contributed by atoms with Crippen LogP contribution in [0.1, 0.15) is 35.7 Å². The van der Waals surface area contributed by atoms with Crippen molar-refractivity contribution < 1.29 is 9.59 Å². The van der Waals surface area contributed by atoms with Crippen LogP contribution in [0, 0.1) is 0 Å². The molecule has 0 saturated heterocycles. The van der Waals surface area contributed by atoms with Crippen molar-refractivity contribution in [1.82, 2.24) is 4.90 Å². The minimum Gasteiger partial charge on any atom is -0.339 e. The predicted molar refractivity (Wildman–Crippen MR) is 97.6 cm³/mol. The van der Waals surface area contributed by atoms with Gasteiger partial charge in [0.25, 0.3) is 0 Å². The van der Waals surface area contributed by atoms with E-state index in [0.717, 1.165) is 5.56 Å². The molecule has 0 unspecified atom stereocenters. The summed E-state index contributed by atoms with van der Waals surface area (Å²) in [6.45, 7) is 2.93. The van der Waals surface area contributed by atoms with E-state index in [0.29, 0.717) is 28.7 Å². The van der Waals surface area contributed by atoms with Crippen molar-refractivity contribution in [2.24, 2.45) is 0 Å². The number of ketones is 1. The topological polar surface area (TPSA) is 37.4 Å². The van der Waals surface area contributed by atoms with Crippen LogP contribution in [-0.4, -0.2) is 23.1 Å². The Hall–Kier alpha value is -1.84. The van der Waals surface area contributed by atoms with E-state index in [1.54, 1.807) is 35.2 Å². The van der Waals surface area contributed by atoms with Crippen LogP contribution in [0.4, 0.5) is 0 Å². The maximum absolute atomic E-state index is 12.4. The van der Waals surface area contributed by atoms with Gasteiger partial charge in [0.05, 0.1) is 0 Å². The molecular weight excluding hydrogens is 345 g/mol. The summed E-state index contributed by atoms with van der Waals surface area (Å²) in [5.74, 6) is -0.117. The molecule has 2 aromatic rings. The summed E-state index contributed by atoms with van der Waals surface area (Å²) in [5, 5.41) is 1.22. The van der Waals surface area contributed by atoms with Crippen molar-refractivity contribution in [1.29, 1.82) is 0 Å². The second-order valence-corrected chi connectivity index (χ2v) is 6.27. The van der Waals surface area contributed by atoms with Gasteiger partial charge in [-0.3, -0.25) is 9.59 Å². The number of hydrogen-bond donors (Lipinski definition) is 0. The number of amides is 1. The third kappa shape index (κ3) is 5.08. The van der Waals surface area contributed by atoms with Crippen molar-refractivity contribution >= 4 is 34.9 Å². The first-order valence-corrected chi connectivity index (χ1v) is 8.56. The molecule has 2 aromatic carbocycles. The highest BCUT2D eigenvalue weighted by atomic mass is 35.5. The summed E-state index contributed by atoms with van der Waals surface area (Å²) in [4.78, 5) is 26.2. The normalized spacial score (nSPS) is 10.5. The molecule has 0 fully saturated rings. The zero-order chi connectivity index (χ0) is 17.5. The van der Waals surface area contributed by atoms with Crippen LogP contribution < -0.4 is 0 Å². The number of carbonyl (C=O) groups excluding carboxylic acids is 2. The quantitative estimate of drug-likeness (QED) is 0.648. The maximum Gasteiger partial charge on any atom is 0.223 e. The van der Waals surface area contributed by atoms with Gasteiger partial charge in [-0.25, -0.2) is 0 Å². The van der Waals surface area contributed by atoms with Gasteiger partial charge in [0.15, 0.2) is 5.78 Å². The van der Waals surface area contributed by atoms with E-state index in [9.17, 15) is 9.59 Å². The molecule has 126 valence electrons. The fourth-order valence-electron chi connectivity index (χ4n) is 2.37. The number of rotatable bonds is 7. The van der Waals surface area contributed by atoms with Gasteiger partial charge in [0, 0.05) is 41.5 Å². The van der Waals surface area contributed by atoms with Crippen LogP contribution in [0.2, 0.25) is 10.0 Å². The average Bonchev–Trinajstić information content (AvgIpc) is 2.59. The molecule has 0 aliphatic carbocycles. The second-order valence-electron chi connectivity index (χ2n) is 5.43. The maximum atomic E-state index is 12.4. The molecule has 24 heavy (non-hydrogen) atoms. The lowest BCUT2D eigenvalue weighted by Gasteiger charge is -2.21. The Bertz CT molecular complexity index is 714. The van der Waals surface area contributed by atoms with Gasteiger partial charge in [-0.2, -0.15) is 0 Å². The Kier molecular flexibility index (Phi) is 6.83. The lowest BCUT2D eigenvalue weighted by atomic mass is 10.1. The second kappa shape index (κ2) is 8.86. The zero-order valence-electron chi connectivity index (χ0n) is 13.5. The standard InChI is InChI=1S/C19H19Cl2NO2/c1-2-22(13-15-5-3-4-6-17(15)21)19(24)12-11-18(23)14-7-9-16(20)10-8-14/h3-10H,2,11-13H2,1H3. The van der Waals surface area contributed by atoms with Crippen molar-refractivity contribution in [2.75, 3.05) is 6.54 Å². The molecule has 3 nitrogen and oxygen atoms in total. The molecule has 0 aromatic heterocycles. The molecule has 0 N–H and O–H groups in total. The summed E-state index contributed by atoms with van der Waals surface area (Å²) < 4.78 is 0. The third-order valence-corrected chi connectivity index (χ3v) is 4.41. The summed E-state index contributed by atoms with van der Waals surface area (Å²) in [5.41, 5.74) is 1.47. The molecular formula is C19H19Cl2NO2. The summed E-state index contributed by atoms with van der Waals surface area (Å²) in [6.07, 6.45) is 0.360. The van der Waals surface area contributed by atoms with Crippen LogP contribution in [0.15, 0.2) is 48.5 Å². The number of nitrogens with zero attached hydrogens (tertiary/aromatic N) is 1. The van der Waals surface area contributed by atoms with Crippen molar-refractivity contribution in [3.05, 3.63) is 69.7 Å². The molecule has 2 rings (SSSR count). The zero-order valence-corrected chi connectivity index (χ0v) is 15.0. The number of halogens is 2. The number of hydrogen-bond acceptors (Lipinski definition) is 2. The van der Waals surface area contributed by atoms with Gasteiger partial charge in [0.2, 0.25) is 5.91 Å². The Balaban J connectivity index is 1.93. The van der Waals surface area contributed by atoms with E-state index >= 15 is 0 Å². The first-order chi connectivity index (χ1) is 11.5. The van der Waals surface area contributed by atoms with E-state index in [-0.39, 0.29) is 24.5 Å². The highest BCUT2D eigenvalue weighted by Gasteiger charge is 2.16. The highest BCUT2D eigenvalue weighted by Crippen LogP contribution is 2.18. The molecule has 0 atom stereocenters. The molecule has 0 aliphatic heterocycles. The summed E-state index contributed by atoms with van der Waals surface area (Å²) >= 11 is 12.0. The van der Waals surface area contributed by atoms with E-state index < -0.39 is 0 Å². The molecule has 0 bridgehead atoms. The van der Waals surface area contributed by atoms with Crippen LogP contribution in [0.25, 0.3) is 0 Å². The molecule has 0 spiro atoms. The SMILES string of the molecule is CCN(Cc1ccccc1Cl)C(=O)CCC(=O)c1ccc(Cl)cc1. The Labute approximate surface area is 152 Å². The van der Waals surface area contributed by atoms with Crippen LogP contribution >= 0.6 is 23.2 Å². The van der Waals surface area contributed by atoms with E-state index in [1.165, 1.54) is 0 Å². The minimum absolute atomic E-state index is 0.0558. The Morgan fingerprint density at radius 2 is 1.62 bits per heavy atom. The van der Waals surface area contributed by atoms with Gasteiger partial charge >= 0.3 is 0 Å². The predicted octanol–water partition coefficient (Wildman–Crippen LogP) is 5.01. The number of benzene rings is 2. The fraction of sp³-hybridized carbons (Fsp3) is 0.263. The molecule has 0 aliphatic rings. The molecule has 0 heterocycles. The van der Waals surface area contributed by atoms with Crippen LogP contribution in [0.5, 0.6) is 0 Å². The Morgan fingerprint density at radius 3 is 2.25 bits per heavy atom. The monoisotopic (exact) mass is 363 g/mol. The molecule has 5 heteroatoms. The van der Waals surface area contributed by atoms with E-state index in [4.69, 9.17) is 23.2 Å². The summed E-state index contributed by atoms with van der Waals surface area (Å²) in [6, 6.07) is 14.2. The van der Waals surface area contributed by atoms with Crippen LogP contribution in [0.3, 0.4) is 0 Å². The lowest BCUT2D eigenvalue weighted by Crippen LogP contribution is -2.30. The van der Waals surface area contributed by atoms with Crippen molar-refractivity contribution in [3.63, 3.8) is 0 Å². The van der Waals surface area contributed by atoms with Crippen molar-refractivity contribution in [2.45, 2.75) is 26.3 Å². The lowest BCUT2D eigenvalue weighted by molar-refractivity contribution is -0.131. The van der Waals surface area contributed by atoms with Gasteiger partial charge in [-0.1, -0.05) is 41.4 Å². The first kappa shape index (κ1) is 18.5. The minimum atomic E-state index is -0.0613. The first-order valence-electron chi connectivity index (χ1n) is 7.81. The van der Waals surface area contributed by atoms with Gasteiger partial charge in [-0.15, -0.1) is 0 Å². The van der Waals surface area contributed by atoms with Gasteiger partial charge in [0.1, 0.15) is 0 Å². The number of carbonyl (C=O) groups is 2. The van der Waals surface area contributed by atoms with E-state index in [1.807, 2.05) is 25.1 Å². The van der Waals surface area contributed by atoms with Gasteiger partial charge in [-0.05, 0) is 42.8 Å². The third-order valence-electron chi connectivity index (χ3n) is 3.79. The average molecular weight is 364 g/mol. The van der Waals surface area contributed by atoms with Crippen LogP contribution in [-0.2, 0) is 11.3 Å². The largest absolute Gasteiger partial charge is 0.339 e. The highest BCUT2D eigenvalue weighted by molar-refractivity contribution is 6.31. The summed E-state index contributed by atoms with van der Waals surface area (Å²) in [7, 11) is 0. The van der Waals surface area contributed by atoms with Crippen molar-refractivity contribution in [3.8, 4) is 0 Å². The molecule has 0 radical (unpaired) electrons. The number of Topliss-reactive ketones (excluding diaryl/α,β-unsaturated/α-hetero) is 1. The molecule has 1 amide bonds. The Morgan fingerprint density at radius 1 is 0.958 bits per heavy atom. The fourth-order valence-corrected chi connectivity index (χ4v) is 2.69. The van der Waals surface area contributed by atoms with Gasteiger partial charge < -0.3 is 4.90 Å².